The molecule has 0 aromatic rings. The highest BCUT2D eigenvalue weighted by Crippen LogP contribution is 2.43. The molecule has 2 unspecified atom stereocenters. The molecule has 0 aromatic carbocycles. The number of carboxylic acid groups (broad SMARTS) is 1. The zero-order valence-corrected chi connectivity index (χ0v) is 27.0. The normalized spacial score (nSPS) is 14.2. The summed E-state index contributed by atoms with van der Waals surface area (Å²) in [4.78, 5) is 45.3. The molecular formula is C30H58NO10P. The highest BCUT2D eigenvalue weighted by molar-refractivity contribution is 7.47. The summed E-state index contributed by atoms with van der Waals surface area (Å²) in [6, 6.07) is -1.51. The van der Waals surface area contributed by atoms with Crippen molar-refractivity contribution in [2.24, 2.45) is 5.73 Å². The third-order valence-electron chi connectivity index (χ3n) is 6.86. The minimum atomic E-state index is -4.69. The van der Waals surface area contributed by atoms with Crippen LogP contribution in [0.5, 0.6) is 0 Å². The molecule has 0 aliphatic carbocycles. The number of hydrogen-bond donors (Lipinski definition) is 3. The second-order valence-electron chi connectivity index (χ2n) is 11.0. The van der Waals surface area contributed by atoms with Crippen molar-refractivity contribution >= 4 is 25.7 Å². The van der Waals surface area contributed by atoms with Crippen LogP contribution in [-0.2, 0) is 37.5 Å². The van der Waals surface area contributed by atoms with Crippen molar-refractivity contribution in [1.29, 1.82) is 0 Å². The van der Waals surface area contributed by atoms with Gasteiger partial charge in [0.2, 0.25) is 0 Å². The number of ether oxygens (including phenoxy) is 2. The molecule has 0 radical (unpaired) electrons. The van der Waals surface area contributed by atoms with Gasteiger partial charge in [0.05, 0.1) is 13.2 Å². The topological polar surface area (TPSA) is 172 Å². The molecule has 42 heavy (non-hydrogen) atoms. The maximum atomic E-state index is 12.4. The van der Waals surface area contributed by atoms with Crippen LogP contribution in [0.3, 0.4) is 0 Å². The quantitative estimate of drug-likeness (QED) is 0.0435. The van der Waals surface area contributed by atoms with E-state index in [0.717, 1.165) is 38.5 Å². The van der Waals surface area contributed by atoms with Crippen LogP contribution in [0.15, 0.2) is 0 Å². The van der Waals surface area contributed by atoms with Crippen LogP contribution in [0.4, 0.5) is 0 Å². The Morgan fingerprint density at radius 2 is 1.05 bits per heavy atom. The number of phosphoric ester groups is 1. The van der Waals surface area contributed by atoms with Gasteiger partial charge < -0.3 is 25.2 Å². The second kappa shape index (κ2) is 27.1. The van der Waals surface area contributed by atoms with Crippen LogP contribution in [-0.4, -0.2) is 59.9 Å². The van der Waals surface area contributed by atoms with Gasteiger partial charge in [0.15, 0.2) is 6.10 Å². The summed E-state index contributed by atoms with van der Waals surface area (Å²) in [6.07, 6.45) is 19.2. The average molecular weight is 624 g/mol. The van der Waals surface area contributed by atoms with Crippen molar-refractivity contribution in [3.63, 3.8) is 0 Å². The number of carbonyl (C=O) groups is 3. The van der Waals surface area contributed by atoms with E-state index in [9.17, 15) is 23.8 Å². The third-order valence-corrected chi connectivity index (χ3v) is 7.81. The van der Waals surface area contributed by atoms with Gasteiger partial charge in [0.25, 0.3) is 0 Å². The first-order chi connectivity index (χ1) is 20.1. The molecule has 0 aromatic heterocycles. The Morgan fingerprint density at radius 1 is 0.643 bits per heavy atom. The predicted molar refractivity (Wildman–Crippen MR) is 162 cm³/mol. The summed E-state index contributed by atoms with van der Waals surface area (Å²) in [7, 11) is -4.69. The largest absolute Gasteiger partial charge is 0.480 e. The fourth-order valence-electron chi connectivity index (χ4n) is 4.24. The molecule has 0 spiro atoms. The number of carbonyl (C=O) groups excluding carboxylic acids is 2. The number of unbranched alkanes of at least 4 members (excludes halogenated alkanes) is 16. The lowest BCUT2D eigenvalue weighted by atomic mass is 10.1. The molecule has 0 rings (SSSR count). The van der Waals surface area contributed by atoms with Gasteiger partial charge in [-0.2, -0.15) is 0 Å². The van der Waals surface area contributed by atoms with Gasteiger partial charge in [-0.05, 0) is 12.8 Å². The molecule has 0 aliphatic rings. The van der Waals surface area contributed by atoms with Crippen molar-refractivity contribution < 1.29 is 47.5 Å². The van der Waals surface area contributed by atoms with Crippen LogP contribution < -0.4 is 5.73 Å². The molecule has 0 fully saturated rings. The summed E-state index contributed by atoms with van der Waals surface area (Å²) in [6.45, 7) is 2.71. The summed E-state index contributed by atoms with van der Waals surface area (Å²) in [5.41, 5.74) is 5.28. The fourth-order valence-corrected chi connectivity index (χ4v) is 5.02. The van der Waals surface area contributed by atoms with E-state index in [1.54, 1.807) is 0 Å². The monoisotopic (exact) mass is 623 g/mol. The molecule has 0 heterocycles. The van der Waals surface area contributed by atoms with Crippen molar-refractivity contribution in [3.8, 4) is 0 Å². The molecule has 248 valence electrons. The fraction of sp³-hybridized carbons (Fsp3) is 0.900. The van der Waals surface area contributed by atoms with Crippen molar-refractivity contribution in [2.45, 2.75) is 154 Å². The molecule has 0 saturated heterocycles. The van der Waals surface area contributed by atoms with E-state index in [4.69, 9.17) is 24.8 Å². The zero-order valence-electron chi connectivity index (χ0n) is 26.1. The van der Waals surface area contributed by atoms with Crippen LogP contribution in [0.1, 0.15) is 142 Å². The second-order valence-corrected chi connectivity index (χ2v) is 12.4. The summed E-state index contributed by atoms with van der Waals surface area (Å²) < 4.78 is 32.3. The van der Waals surface area contributed by atoms with E-state index in [-0.39, 0.29) is 19.4 Å². The van der Waals surface area contributed by atoms with Crippen LogP contribution in [0.2, 0.25) is 0 Å². The van der Waals surface area contributed by atoms with E-state index in [0.29, 0.717) is 12.8 Å². The van der Waals surface area contributed by atoms with E-state index < -0.39 is 51.1 Å². The Balaban J connectivity index is 4.54. The molecule has 4 N–H and O–H groups in total. The number of nitrogens with two attached hydrogens (primary N) is 1. The molecular weight excluding hydrogens is 565 g/mol. The maximum absolute atomic E-state index is 12.4. The number of rotatable bonds is 30. The van der Waals surface area contributed by atoms with Crippen LogP contribution in [0, 0.1) is 0 Å². The standard InChI is InChI=1S/C30H58NO10P/c1-3-5-7-9-11-13-15-17-19-21-28(32)38-23-26(24-39-42(36,37)40-25-27(31)30(34)35)41-29(33)22-20-18-16-14-12-10-8-6-4-2/h26-27H,3-25,31H2,1-2H3,(H,34,35)(H,36,37)/t26?,27-/m0/s1. The molecule has 11 nitrogen and oxygen atoms in total. The Hall–Kier alpha value is -1.52. The zero-order chi connectivity index (χ0) is 31.5. The van der Waals surface area contributed by atoms with E-state index in [1.165, 1.54) is 64.2 Å². The van der Waals surface area contributed by atoms with Crippen molar-refractivity contribution in [2.75, 3.05) is 19.8 Å². The number of carboxylic acids is 1. The van der Waals surface area contributed by atoms with Gasteiger partial charge in [0.1, 0.15) is 12.6 Å². The lowest BCUT2D eigenvalue weighted by Gasteiger charge is -2.20. The molecule has 12 heteroatoms. The van der Waals surface area contributed by atoms with Gasteiger partial charge in [-0.25, -0.2) is 4.57 Å². The Morgan fingerprint density at radius 3 is 1.50 bits per heavy atom. The highest BCUT2D eigenvalue weighted by Gasteiger charge is 2.28. The minimum absolute atomic E-state index is 0.166. The molecule has 0 bridgehead atoms. The maximum Gasteiger partial charge on any atom is 0.472 e. The van der Waals surface area contributed by atoms with Crippen LogP contribution in [0.25, 0.3) is 0 Å². The number of esters is 2. The van der Waals surface area contributed by atoms with Gasteiger partial charge >= 0.3 is 25.7 Å². The smallest absolute Gasteiger partial charge is 0.472 e. The van der Waals surface area contributed by atoms with E-state index in [2.05, 4.69) is 18.4 Å². The number of aliphatic carboxylic acids is 1. The SMILES string of the molecule is CCCCCCCCCCCC(=O)OCC(COP(=O)(O)OC[C@H](N)C(=O)O)OC(=O)CCCCCCCCCCC. The first-order valence-corrected chi connectivity index (χ1v) is 17.6. The molecule has 0 saturated carbocycles. The molecule has 3 atom stereocenters. The van der Waals surface area contributed by atoms with Gasteiger partial charge in [-0.15, -0.1) is 0 Å². The highest BCUT2D eigenvalue weighted by atomic mass is 31.2. The first-order valence-electron chi connectivity index (χ1n) is 16.1. The number of hydrogen-bond acceptors (Lipinski definition) is 9. The van der Waals surface area contributed by atoms with Gasteiger partial charge in [-0.1, -0.05) is 117 Å². The summed E-state index contributed by atoms with van der Waals surface area (Å²) >= 11 is 0. The van der Waals surface area contributed by atoms with Crippen molar-refractivity contribution in [1.82, 2.24) is 0 Å². The summed E-state index contributed by atoms with van der Waals surface area (Å²) in [5, 5.41) is 8.80. The summed E-state index contributed by atoms with van der Waals surface area (Å²) in [5.74, 6) is -2.38. The first kappa shape index (κ1) is 40.5. The lowest BCUT2D eigenvalue weighted by molar-refractivity contribution is -0.161. The predicted octanol–water partition coefficient (Wildman–Crippen LogP) is 6.83. The third kappa shape index (κ3) is 26.1. The Kier molecular flexibility index (Phi) is 26.1. The molecule has 0 aliphatic heterocycles. The lowest BCUT2D eigenvalue weighted by Crippen LogP contribution is -2.34. The Labute approximate surface area is 253 Å². The average Bonchev–Trinajstić information content (AvgIpc) is 2.95. The van der Waals surface area contributed by atoms with E-state index in [1.807, 2.05) is 0 Å². The van der Waals surface area contributed by atoms with Gasteiger partial charge in [-0.3, -0.25) is 23.4 Å². The minimum Gasteiger partial charge on any atom is -0.480 e. The molecule has 0 amide bonds. The Bertz CT molecular complexity index is 752. The van der Waals surface area contributed by atoms with Crippen LogP contribution >= 0.6 is 7.82 Å². The number of phosphoric acid groups is 1. The van der Waals surface area contributed by atoms with E-state index >= 15 is 0 Å². The van der Waals surface area contributed by atoms with Gasteiger partial charge in [0, 0.05) is 12.8 Å². The van der Waals surface area contributed by atoms with Crippen molar-refractivity contribution in [3.05, 3.63) is 0 Å².